The maximum absolute atomic E-state index is 13.3. The van der Waals surface area contributed by atoms with Crippen molar-refractivity contribution in [3.63, 3.8) is 0 Å². The predicted molar refractivity (Wildman–Crippen MR) is 166 cm³/mol. The van der Waals surface area contributed by atoms with Crippen molar-refractivity contribution in [1.82, 2.24) is 4.90 Å². The van der Waals surface area contributed by atoms with Crippen LogP contribution in [0.4, 0.5) is 0 Å². The van der Waals surface area contributed by atoms with E-state index in [4.69, 9.17) is 19.6 Å². The van der Waals surface area contributed by atoms with Crippen molar-refractivity contribution in [2.75, 3.05) is 27.4 Å². The molecule has 0 radical (unpaired) electrons. The number of carbonyl (C=O) groups is 3. The molecule has 0 saturated carbocycles. The van der Waals surface area contributed by atoms with Crippen molar-refractivity contribution in [2.24, 2.45) is 23.7 Å². The summed E-state index contributed by atoms with van der Waals surface area (Å²) in [5.41, 5.74) is 1.55. The first-order chi connectivity index (χ1) is 20.7. The van der Waals surface area contributed by atoms with Crippen molar-refractivity contribution in [2.45, 2.75) is 123 Å². The monoisotopic (exact) mass is 624 g/mol. The van der Waals surface area contributed by atoms with E-state index in [-0.39, 0.29) is 50.4 Å². The molecule has 2 aliphatic heterocycles. The Hall–Kier alpha value is -2.18. The third kappa shape index (κ3) is 10.4. The van der Waals surface area contributed by atoms with Gasteiger partial charge in [0, 0.05) is 50.7 Å². The van der Waals surface area contributed by atoms with Gasteiger partial charge in [0.1, 0.15) is 6.04 Å². The summed E-state index contributed by atoms with van der Waals surface area (Å²) in [6, 6.07) is -1.05. The Kier molecular flexibility index (Phi) is 15.1. The highest BCUT2D eigenvalue weighted by Crippen LogP contribution is 2.29. The second-order valence-electron chi connectivity index (χ2n) is 13.1. The molecule has 2 heterocycles. The lowest BCUT2D eigenvalue weighted by atomic mass is 9.86. The van der Waals surface area contributed by atoms with Gasteiger partial charge in [-0.3, -0.25) is 9.59 Å². The van der Waals surface area contributed by atoms with Gasteiger partial charge in [-0.05, 0) is 64.2 Å². The molecule has 0 spiro atoms. The normalized spacial score (nSPS) is 35.8. The summed E-state index contributed by atoms with van der Waals surface area (Å²) in [6.07, 6.45) is 4.86. The van der Waals surface area contributed by atoms with Gasteiger partial charge in [0.2, 0.25) is 5.79 Å². The molecule has 11 heteroatoms. The molecule has 0 aromatic carbocycles. The zero-order valence-corrected chi connectivity index (χ0v) is 27.7. The maximum atomic E-state index is 13.3. The van der Waals surface area contributed by atoms with Crippen LogP contribution in [0.2, 0.25) is 0 Å². The lowest BCUT2D eigenvalue weighted by molar-refractivity contribution is -0.208. The number of ether oxygens (including phenoxy) is 3. The zero-order chi connectivity index (χ0) is 33.2. The van der Waals surface area contributed by atoms with E-state index in [9.17, 15) is 29.7 Å². The molecule has 1 amide bonds. The van der Waals surface area contributed by atoms with Gasteiger partial charge in [-0.15, -0.1) is 0 Å². The standard InChI is InChI=1S/C33H56N2O9/c1-8-24-14-20(2)13-21(3)15-25(42-6)17-26(43-7)16-23(5)33(40,41)30(37)31(38)35-12-10-9-11-28(35)32(39)44-19-22(4)29(36)18-27(24)34/h14,21-26,28-29,34,36,40-41H,8-13,15-19H2,1-7H3/b20-14+,34-27?/t21-,22-,23+,24+,25-,26-,28-,29-/m0/s1. The molecule has 0 aliphatic carbocycles. The Labute approximate surface area is 262 Å². The molecule has 2 aliphatic rings. The lowest BCUT2D eigenvalue weighted by Gasteiger charge is -2.36. The second-order valence-corrected chi connectivity index (χ2v) is 13.1. The highest BCUT2D eigenvalue weighted by Gasteiger charge is 2.48. The van der Waals surface area contributed by atoms with E-state index in [1.54, 1.807) is 14.0 Å². The van der Waals surface area contributed by atoms with Crippen LogP contribution >= 0.6 is 0 Å². The van der Waals surface area contributed by atoms with Crippen LogP contribution in [0, 0.1) is 29.1 Å². The predicted octanol–water partition coefficient (Wildman–Crippen LogP) is 3.42. The molecule has 44 heavy (non-hydrogen) atoms. The number of fused-ring (bicyclic) bond motifs is 1. The number of carbonyl (C=O) groups excluding carboxylic acids is 3. The van der Waals surface area contributed by atoms with Crippen LogP contribution in [0.25, 0.3) is 0 Å². The van der Waals surface area contributed by atoms with Crippen LogP contribution in [0.15, 0.2) is 11.6 Å². The number of nitrogens with zero attached hydrogens (tertiary/aromatic N) is 1. The van der Waals surface area contributed by atoms with Gasteiger partial charge in [0.05, 0.1) is 24.9 Å². The third-order valence-corrected chi connectivity index (χ3v) is 9.34. The van der Waals surface area contributed by atoms with Gasteiger partial charge in [0.15, 0.2) is 0 Å². The number of aliphatic hydroxyl groups excluding tert-OH is 1. The van der Waals surface area contributed by atoms with E-state index >= 15 is 0 Å². The average molecular weight is 625 g/mol. The number of nitrogens with one attached hydrogen (secondary N) is 1. The van der Waals surface area contributed by atoms with Gasteiger partial charge in [-0.2, -0.15) is 0 Å². The number of Topliss-reactive ketones (excluding diaryl/α,β-unsaturated/α-hetero) is 1. The molecule has 4 N–H and O–H groups in total. The molecule has 8 atom stereocenters. The number of aliphatic hydroxyl groups is 3. The molecule has 0 aromatic rings. The minimum absolute atomic E-state index is 0.0850. The molecule has 1 saturated heterocycles. The van der Waals surface area contributed by atoms with Crippen LogP contribution in [0.3, 0.4) is 0 Å². The van der Waals surface area contributed by atoms with Crippen molar-refractivity contribution in [3.05, 3.63) is 11.6 Å². The van der Waals surface area contributed by atoms with E-state index < -0.39 is 53.5 Å². The molecular weight excluding hydrogens is 568 g/mol. The van der Waals surface area contributed by atoms with E-state index in [1.807, 2.05) is 13.8 Å². The van der Waals surface area contributed by atoms with Gasteiger partial charge >= 0.3 is 5.97 Å². The second kappa shape index (κ2) is 17.5. The van der Waals surface area contributed by atoms with Crippen molar-refractivity contribution in [1.29, 1.82) is 5.41 Å². The summed E-state index contributed by atoms with van der Waals surface area (Å²) in [5, 5.41) is 41.4. The fraction of sp³-hybridized carbons (Fsp3) is 0.818. The lowest BCUT2D eigenvalue weighted by Crippen LogP contribution is -2.58. The third-order valence-electron chi connectivity index (χ3n) is 9.34. The molecule has 2 rings (SSSR count). The van der Waals surface area contributed by atoms with Crippen LogP contribution in [0.5, 0.6) is 0 Å². The molecule has 1 fully saturated rings. The summed E-state index contributed by atoms with van der Waals surface area (Å²) in [6.45, 7) is 9.37. The minimum Gasteiger partial charge on any atom is -0.464 e. The SMILES string of the molecule is CC[C@@H]1/C=C(\C)C[C@H](C)C[C@H](OC)C[C@@H](OC)C[C@@H](C)C(O)(O)C(=O)C(=O)N2CCCC[C@H]2C(=O)OC[C@H](C)[C@@H](O)CC1=N. The van der Waals surface area contributed by atoms with E-state index in [0.717, 1.165) is 23.3 Å². The first-order valence-electron chi connectivity index (χ1n) is 16.1. The van der Waals surface area contributed by atoms with Gasteiger partial charge < -0.3 is 39.8 Å². The van der Waals surface area contributed by atoms with Crippen LogP contribution in [-0.4, -0.2) is 101 Å². The number of allylic oxidation sites excluding steroid dienone is 2. The number of rotatable bonds is 3. The molecule has 11 nitrogen and oxygen atoms in total. The number of esters is 1. The summed E-state index contributed by atoms with van der Waals surface area (Å²) in [7, 11) is 3.13. The smallest absolute Gasteiger partial charge is 0.328 e. The van der Waals surface area contributed by atoms with Crippen LogP contribution < -0.4 is 0 Å². The highest BCUT2D eigenvalue weighted by molar-refractivity contribution is 6.39. The Balaban J connectivity index is 2.39. The Morgan fingerprint density at radius 3 is 2.27 bits per heavy atom. The van der Waals surface area contributed by atoms with Gasteiger partial charge in [-0.1, -0.05) is 39.3 Å². The quantitative estimate of drug-likeness (QED) is 0.159. The molecule has 0 unspecified atom stereocenters. The summed E-state index contributed by atoms with van der Waals surface area (Å²) < 4.78 is 16.9. The first kappa shape index (κ1) is 38.0. The number of methoxy groups -OCH3 is 2. The van der Waals surface area contributed by atoms with Crippen LogP contribution in [-0.2, 0) is 28.6 Å². The number of hydrogen-bond donors (Lipinski definition) is 4. The molecular formula is C33H56N2O9. The van der Waals surface area contributed by atoms with Crippen molar-refractivity contribution < 1.29 is 43.9 Å². The van der Waals surface area contributed by atoms with Gasteiger partial charge in [0.25, 0.3) is 11.7 Å². The van der Waals surface area contributed by atoms with E-state index in [1.165, 1.54) is 14.0 Å². The molecule has 0 aromatic heterocycles. The summed E-state index contributed by atoms with van der Waals surface area (Å²) >= 11 is 0. The number of cyclic esters (lactones) is 1. The highest BCUT2D eigenvalue weighted by atomic mass is 16.5. The first-order valence-corrected chi connectivity index (χ1v) is 16.1. The number of ketones is 1. The number of hydrogen-bond acceptors (Lipinski definition) is 10. The van der Waals surface area contributed by atoms with E-state index in [0.29, 0.717) is 31.4 Å². The van der Waals surface area contributed by atoms with Crippen LogP contribution in [0.1, 0.15) is 92.4 Å². The van der Waals surface area contributed by atoms with Crippen molar-refractivity contribution in [3.8, 4) is 0 Å². The Morgan fingerprint density at radius 1 is 1.02 bits per heavy atom. The van der Waals surface area contributed by atoms with Gasteiger partial charge in [-0.25, -0.2) is 4.79 Å². The number of amides is 1. The summed E-state index contributed by atoms with van der Waals surface area (Å²) in [5.74, 6) is -7.62. The topological polar surface area (TPSA) is 167 Å². The maximum Gasteiger partial charge on any atom is 0.328 e. The molecule has 252 valence electrons. The largest absolute Gasteiger partial charge is 0.464 e. The fourth-order valence-corrected chi connectivity index (χ4v) is 6.32. The molecule has 0 bridgehead atoms. The summed E-state index contributed by atoms with van der Waals surface area (Å²) in [4.78, 5) is 40.7. The fourth-order valence-electron chi connectivity index (χ4n) is 6.32. The van der Waals surface area contributed by atoms with Crippen molar-refractivity contribution >= 4 is 23.4 Å². The van der Waals surface area contributed by atoms with E-state index in [2.05, 4.69) is 13.0 Å². The number of piperidine rings is 1. The minimum atomic E-state index is -2.97. The average Bonchev–Trinajstić information content (AvgIpc) is 2.99. The Bertz CT molecular complexity index is 1010. The zero-order valence-electron chi connectivity index (χ0n) is 27.7. The Morgan fingerprint density at radius 2 is 1.66 bits per heavy atom.